The van der Waals surface area contributed by atoms with Gasteiger partial charge in [0, 0.05) is 44.9 Å². The molecule has 1 heterocycles. The third-order valence-electron chi connectivity index (χ3n) is 7.17. The van der Waals surface area contributed by atoms with E-state index in [1.807, 2.05) is 43.4 Å². The molecule has 0 N–H and O–H groups in total. The van der Waals surface area contributed by atoms with Crippen LogP contribution in [0, 0.1) is 6.92 Å². The van der Waals surface area contributed by atoms with E-state index in [2.05, 4.69) is 133 Å². The second-order valence-corrected chi connectivity index (χ2v) is 9.97. The van der Waals surface area contributed by atoms with Crippen molar-refractivity contribution in [2.24, 2.45) is 0 Å². The van der Waals surface area contributed by atoms with E-state index in [1.54, 1.807) is 0 Å². The van der Waals surface area contributed by atoms with Gasteiger partial charge in [-0.05, 0) is 98.3 Å². The Bertz CT molecular complexity index is 1890. The summed E-state index contributed by atoms with van der Waals surface area (Å²) in [5.74, 6) is 0. The first-order valence-electron chi connectivity index (χ1n) is 13.8. The molecule has 0 fully saturated rings. The van der Waals surface area contributed by atoms with E-state index in [4.69, 9.17) is 4.42 Å². The third kappa shape index (κ3) is 5.18. The number of anilines is 5. The topological polar surface area (TPSA) is 19.6 Å². The monoisotopic (exact) mass is 532 g/mol. The van der Waals surface area contributed by atoms with Crippen LogP contribution in [0.1, 0.15) is 12.5 Å². The summed E-state index contributed by atoms with van der Waals surface area (Å²) in [5.41, 5.74) is 9.26. The van der Waals surface area contributed by atoms with Gasteiger partial charge >= 0.3 is 0 Å². The molecule has 6 rings (SSSR count). The van der Waals surface area contributed by atoms with Crippen molar-refractivity contribution in [3.63, 3.8) is 0 Å². The first kappa shape index (κ1) is 26.0. The van der Waals surface area contributed by atoms with Crippen molar-refractivity contribution in [2.75, 3.05) is 9.80 Å². The number of aryl methyl sites for hydroxylation is 1. The lowest BCUT2D eigenvalue weighted by molar-refractivity contribution is 0.669. The maximum atomic E-state index is 6.13. The smallest absolute Gasteiger partial charge is 0.135 e. The van der Waals surface area contributed by atoms with Crippen LogP contribution in [0.3, 0.4) is 0 Å². The summed E-state index contributed by atoms with van der Waals surface area (Å²) in [5, 5.41) is 2.18. The van der Waals surface area contributed by atoms with Crippen LogP contribution in [0.4, 0.5) is 28.4 Å². The van der Waals surface area contributed by atoms with E-state index in [0.717, 1.165) is 56.1 Å². The SMILES string of the molecule is C=C/C(=C\C=C/C)N(c1cccc(N(c2ccccc2)c2cccc(C)c2)c1)c1ccc2oc3ccccc3c2c1. The van der Waals surface area contributed by atoms with Crippen LogP contribution in [0.2, 0.25) is 0 Å². The molecule has 0 spiro atoms. The third-order valence-corrected chi connectivity index (χ3v) is 7.17. The Morgan fingerprint density at radius 3 is 2.07 bits per heavy atom. The summed E-state index contributed by atoms with van der Waals surface area (Å²) < 4.78 is 6.13. The number of furan rings is 1. The quantitative estimate of drug-likeness (QED) is 0.182. The average molecular weight is 533 g/mol. The van der Waals surface area contributed by atoms with Crippen molar-refractivity contribution in [1.82, 2.24) is 0 Å². The van der Waals surface area contributed by atoms with Crippen LogP contribution in [-0.4, -0.2) is 0 Å². The van der Waals surface area contributed by atoms with Crippen LogP contribution in [0.15, 0.2) is 162 Å². The summed E-state index contributed by atoms with van der Waals surface area (Å²) >= 11 is 0. The minimum Gasteiger partial charge on any atom is -0.456 e. The molecule has 0 saturated heterocycles. The van der Waals surface area contributed by atoms with Crippen molar-refractivity contribution in [2.45, 2.75) is 13.8 Å². The van der Waals surface area contributed by atoms with Crippen LogP contribution >= 0.6 is 0 Å². The highest BCUT2D eigenvalue weighted by Crippen LogP contribution is 2.40. The van der Waals surface area contributed by atoms with Gasteiger partial charge in [-0.15, -0.1) is 0 Å². The molecule has 0 saturated carbocycles. The molecular formula is C38H32N2O. The number of allylic oxidation sites excluding steroid dienone is 4. The number of benzene rings is 5. The summed E-state index contributed by atoms with van der Waals surface area (Å²) in [7, 11) is 0. The number of rotatable bonds is 8. The summed E-state index contributed by atoms with van der Waals surface area (Å²) in [4.78, 5) is 4.54. The van der Waals surface area contributed by atoms with Gasteiger partial charge in [-0.1, -0.05) is 73.3 Å². The van der Waals surface area contributed by atoms with E-state index in [0.29, 0.717) is 0 Å². The van der Waals surface area contributed by atoms with Crippen LogP contribution in [-0.2, 0) is 0 Å². The maximum absolute atomic E-state index is 6.13. The van der Waals surface area contributed by atoms with Gasteiger partial charge in [0.15, 0.2) is 0 Å². The number of hydrogen-bond acceptors (Lipinski definition) is 3. The van der Waals surface area contributed by atoms with Crippen molar-refractivity contribution in [3.8, 4) is 0 Å². The minimum absolute atomic E-state index is 0.871. The Labute approximate surface area is 241 Å². The van der Waals surface area contributed by atoms with Gasteiger partial charge in [-0.25, -0.2) is 0 Å². The van der Waals surface area contributed by atoms with Gasteiger partial charge in [-0.3, -0.25) is 0 Å². The molecule has 0 unspecified atom stereocenters. The van der Waals surface area contributed by atoms with Gasteiger partial charge in [0.25, 0.3) is 0 Å². The second kappa shape index (κ2) is 11.4. The lowest BCUT2D eigenvalue weighted by Gasteiger charge is -2.30. The average Bonchev–Trinajstić information content (AvgIpc) is 3.38. The van der Waals surface area contributed by atoms with Crippen molar-refractivity contribution in [3.05, 3.63) is 163 Å². The summed E-state index contributed by atoms with van der Waals surface area (Å²) in [6, 6.07) is 42.3. The van der Waals surface area contributed by atoms with E-state index in [-0.39, 0.29) is 0 Å². The molecule has 0 radical (unpaired) electrons. The van der Waals surface area contributed by atoms with E-state index < -0.39 is 0 Å². The highest BCUT2D eigenvalue weighted by molar-refractivity contribution is 6.06. The Balaban J connectivity index is 1.54. The molecule has 0 amide bonds. The Morgan fingerprint density at radius 1 is 0.634 bits per heavy atom. The van der Waals surface area contributed by atoms with Gasteiger partial charge in [0.2, 0.25) is 0 Å². The lowest BCUT2D eigenvalue weighted by atomic mass is 10.1. The van der Waals surface area contributed by atoms with Gasteiger partial charge in [-0.2, -0.15) is 0 Å². The predicted octanol–water partition coefficient (Wildman–Crippen LogP) is 11.1. The Morgan fingerprint density at radius 2 is 1.29 bits per heavy atom. The number of para-hydroxylation sites is 2. The highest BCUT2D eigenvalue weighted by atomic mass is 16.3. The fraction of sp³-hybridized carbons (Fsp3) is 0.0526. The molecule has 200 valence electrons. The maximum Gasteiger partial charge on any atom is 0.135 e. The highest BCUT2D eigenvalue weighted by Gasteiger charge is 2.18. The van der Waals surface area contributed by atoms with Gasteiger partial charge < -0.3 is 14.2 Å². The molecule has 0 aliphatic carbocycles. The lowest BCUT2D eigenvalue weighted by Crippen LogP contribution is -2.16. The normalized spacial score (nSPS) is 11.8. The molecule has 0 atom stereocenters. The van der Waals surface area contributed by atoms with E-state index in [9.17, 15) is 0 Å². The molecule has 0 aliphatic heterocycles. The van der Waals surface area contributed by atoms with Crippen molar-refractivity contribution < 1.29 is 4.42 Å². The van der Waals surface area contributed by atoms with Crippen LogP contribution in [0.5, 0.6) is 0 Å². The molecule has 5 aromatic carbocycles. The van der Waals surface area contributed by atoms with Crippen LogP contribution < -0.4 is 9.80 Å². The second-order valence-electron chi connectivity index (χ2n) is 9.97. The van der Waals surface area contributed by atoms with E-state index in [1.165, 1.54) is 5.56 Å². The van der Waals surface area contributed by atoms with Gasteiger partial charge in [0.05, 0.1) is 0 Å². The molecule has 41 heavy (non-hydrogen) atoms. The molecule has 3 nitrogen and oxygen atoms in total. The molecule has 3 heteroatoms. The molecule has 1 aromatic heterocycles. The van der Waals surface area contributed by atoms with Crippen molar-refractivity contribution in [1.29, 1.82) is 0 Å². The summed E-state index contributed by atoms with van der Waals surface area (Å²) in [6.07, 6.45) is 8.06. The standard InChI is InChI=1S/C38H32N2O/c1-4-6-15-29(5-2)39(34-23-24-38-36(27-34)35-21-10-11-22-37(35)41-38)32-19-13-20-33(26-32)40(30-16-8-7-9-17-30)31-18-12-14-28(3)25-31/h4-27H,2H2,1,3H3/b6-4-,29-15+. The fourth-order valence-corrected chi connectivity index (χ4v) is 5.29. The predicted molar refractivity (Wildman–Crippen MR) is 175 cm³/mol. The largest absolute Gasteiger partial charge is 0.456 e. The van der Waals surface area contributed by atoms with Crippen LogP contribution in [0.25, 0.3) is 21.9 Å². The molecule has 6 aromatic rings. The number of fused-ring (bicyclic) bond motifs is 3. The number of hydrogen-bond donors (Lipinski definition) is 0. The zero-order chi connectivity index (χ0) is 28.2. The molecule has 0 bridgehead atoms. The van der Waals surface area contributed by atoms with Gasteiger partial charge in [0.1, 0.15) is 11.2 Å². The Kier molecular flexibility index (Phi) is 7.25. The Hall–Kier alpha value is -5.28. The summed E-state index contributed by atoms with van der Waals surface area (Å²) in [6.45, 7) is 8.32. The van der Waals surface area contributed by atoms with E-state index >= 15 is 0 Å². The molecule has 0 aliphatic rings. The zero-order valence-electron chi connectivity index (χ0n) is 23.4. The number of nitrogens with zero attached hydrogens (tertiary/aromatic N) is 2. The van der Waals surface area contributed by atoms with Crippen molar-refractivity contribution >= 4 is 50.4 Å². The first-order chi connectivity index (χ1) is 20.2. The fourth-order valence-electron chi connectivity index (χ4n) is 5.29. The first-order valence-corrected chi connectivity index (χ1v) is 13.8. The molecular weight excluding hydrogens is 500 g/mol. The zero-order valence-corrected chi connectivity index (χ0v) is 23.4. The minimum atomic E-state index is 0.871.